The van der Waals surface area contributed by atoms with Gasteiger partial charge in [-0.2, -0.15) is 5.10 Å². The number of H-pyrrole nitrogens is 1. The van der Waals surface area contributed by atoms with Gasteiger partial charge in [0, 0.05) is 23.2 Å². The Hall–Kier alpha value is -3.00. The number of halogens is 1. The number of nitrogens with one attached hydrogen (secondary N) is 1. The Kier molecular flexibility index (Phi) is 5.91. The number of rotatable bonds is 7. The number of hydrogen-bond donors (Lipinski definition) is 1. The van der Waals surface area contributed by atoms with Gasteiger partial charge in [-0.05, 0) is 58.3 Å². The van der Waals surface area contributed by atoms with E-state index >= 15 is 0 Å². The highest BCUT2D eigenvalue weighted by molar-refractivity contribution is 6.28. The van der Waals surface area contributed by atoms with Crippen molar-refractivity contribution in [2.24, 2.45) is 0 Å². The summed E-state index contributed by atoms with van der Waals surface area (Å²) in [6, 6.07) is 12.5. The Morgan fingerprint density at radius 2 is 1.84 bits per heavy atom. The van der Waals surface area contributed by atoms with E-state index in [1.54, 1.807) is 4.68 Å². The van der Waals surface area contributed by atoms with E-state index in [9.17, 15) is 0 Å². The molecule has 0 saturated carbocycles. The molecule has 4 rings (SSSR count). The summed E-state index contributed by atoms with van der Waals surface area (Å²) in [5.74, 6) is 1.43. The number of aromatic nitrogens is 8. The van der Waals surface area contributed by atoms with Gasteiger partial charge in [0.05, 0.1) is 12.2 Å². The zero-order chi connectivity index (χ0) is 22.0. The fourth-order valence-electron chi connectivity index (χ4n) is 3.58. The van der Waals surface area contributed by atoms with Crippen molar-refractivity contribution in [1.82, 2.24) is 40.0 Å². The highest BCUT2D eigenvalue weighted by atomic mass is 35.5. The van der Waals surface area contributed by atoms with Crippen molar-refractivity contribution in [3.63, 3.8) is 0 Å². The summed E-state index contributed by atoms with van der Waals surface area (Å²) in [6.07, 6.45) is 3.02. The lowest BCUT2D eigenvalue weighted by Crippen LogP contribution is -2.17. The Balaban J connectivity index is 1.63. The van der Waals surface area contributed by atoms with Crippen molar-refractivity contribution in [2.45, 2.75) is 58.9 Å². The molecule has 1 aromatic carbocycles. The van der Waals surface area contributed by atoms with Crippen LogP contribution in [0.2, 0.25) is 5.28 Å². The summed E-state index contributed by atoms with van der Waals surface area (Å²) in [6.45, 7) is 9.31. The first-order valence-corrected chi connectivity index (χ1v) is 10.9. The lowest BCUT2D eigenvalue weighted by Gasteiger charge is -2.23. The SMILES string of the molecule is CCCCc1nc(Cl)n(Cc2ccc(-n3c(-c4nnn[nH]4)ccc3C(C)(C)C)cc2)n1. The van der Waals surface area contributed by atoms with Gasteiger partial charge in [-0.3, -0.25) is 0 Å². The molecule has 31 heavy (non-hydrogen) atoms. The fraction of sp³-hybridized carbons (Fsp3) is 0.409. The van der Waals surface area contributed by atoms with E-state index in [0.717, 1.165) is 42.0 Å². The minimum Gasteiger partial charge on any atom is -0.310 e. The van der Waals surface area contributed by atoms with Crippen LogP contribution in [0.25, 0.3) is 17.2 Å². The molecule has 1 N–H and O–H groups in total. The largest absolute Gasteiger partial charge is 0.310 e. The fourth-order valence-corrected chi connectivity index (χ4v) is 3.78. The maximum absolute atomic E-state index is 6.30. The van der Waals surface area contributed by atoms with Crippen molar-refractivity contribution in [3.8, 4) is 17.2 Å². The summed E-state index contributed by atoms with van der Waals surface area (Å²) >= 11 is 6.30. The second kappa shape index (κ2) is 8.63. The van der Waals surface area contributed by atoms with Crippen LogP contribution in [0.4, 0.5) is 0 Å². The zero-order valence-corrected chi connectivity index (χ0v) is 19.1. The first kappa shape index (κ1) is 21.2. The molecule has 9 heteroatoms. The molecule has 0 fully saturated rings. The Morgan fingerprint density at radius 1 is 1.06 bits per heavy atom. The molecule has 0 aliphatic heterocycles. The van der Waals surface area contributed by atoms with Crippen LogP contribution in [-0.4, -0.2) is 40.0 Å². The first-order chi connectivity index (χ1) is 14.9. The molecular weight excluding hydrogens is 412 g/mol. The van der Waals surface area contributed by atoms with Crippen LogP contribution in [0.3, 0.4) is 0 Å². The summed E-state index contributed by atoms with van der Waals surface area (Å²) in [5.41, 5.74) is 4.19. The van der Waals surface area contributed by atoms with Crippen LogP contribution in [0, 0.1) is 0 Å². The first-order valence-electron chi connectivity index (χ1n) is 10.5. The number of aromatic amines is 1. The summed E-state index contributed by atoms with van der Waals surface area (Å²) in [4.78, 5) is 4.37. The summed E-state index contributed by atoms with van der Waals surface area (Å²) in [7, 11) is 0. The third-order valence-electron chi connectivity index (χ3n) is 5.19. The van der Waals surface area contributed by atoms with Gasteiger partial charge in [0.15, 0.2) is 11.6 Å². The van der Waals surface area contributed by atoms with Crippen LogP contribution in [0.1, 0.15) is 57.6 Å². The third kappa shape index (κ3) is 4.54. The molecule has 8 nitrogen and oxygen atoms in total. The molecule has 0 spiro atoms. The van der Waals surface area contributed by atoms with Gasteiger partial charge >= 0.3 is 0 Å². The Labute approximate surface area is 186 Å². The van der Waals surface area contributed by atoms with Crippen LogP contribution in [-0.2, 0) is 18.4 Å². The second-order valence-electron chi connectivity index (χ2n) is 8.66. The predicted molar refractivity (Wildman–Crippen MR) is 120 cm³/mol. The van der Waals surface area contributed by atoms with Gasteiger partial charge in [-0.25, -0.2) is 14.8 Å². The highest BCUT2D eigenvalue weighted by Gasteiger charge is 2.23. The number of hydrogen-bond acceptors (Lipinski definition) is 5. The second-order valence-corrected chi connectivity index (χ2v) is 9.00. The van der Waals surface area contributed by atoms with Crippen molar-refractivity contribution >= 4 is 11.6 Å². The smallest absolute Gasteiger partial charge is 0.221 e. The summed E-state index contributed by atoms with van der Waals surface area (Å²) in [5, 5.41) is 19.4. The zero-order valence-electron chi connectivity index (χ0n) is 18.3. The lowest BCUT2D eigenvalue weighted by molar-refractivity contribution is 0.557. The van der Waals surface area contributed by atoms with Crippen molar-refractivity contribution < 1.29 is 0 Å². The molecule has 0 radical (unpaired) electrons. The van der Waals surface area contributed by atoms with E-state index in [1.807, 2.05) is 6.07 Å². The van der Waals surface area contributed by atoms with Crippen LogP contribution < -0.4 is 0 Å². The van der Waals surface area contributed by atoms with Gasteiger partial charge in [-0.15, -0.1) is 5.10 Å². The molecule has 4 aromatic rings. The van der Waals surface area contributed by atoms with Crippen molar-refractivity contribution in [3.05, 3.63) is 58.8 Å². The average Bonchev–Trinajstić information content (AvgIpc) is 3.46. The van der Waals surface area contributed by atoms with Gasteiger partial charge < -0.3 is 4.57 Å². The highest BCUT2D eigenvalue weighted by Crippen LogP contribution is 2.31. The van der Waals surface area contributed by atoms with Crippen LogP contribution in [0.15, 0.2) is 36.4 Å². The molecule has 3 aromatic heterocycles. The molecule has 0 aliphatic carbocycles. The molecule has 0 unspecified atom stereocenters. The van der Waals surface area contributed by atoms with Crippen LogP contribution >= 0.6 is 11.6 Å². The number of benzene rings is 1. The van der Waals surface area contributed by atoms with Gasteiger partial charge in [0.1, 0.15) is 0 Å². The third-order valence-corrected chi connectivity index (χ3v) is 5.47. The van der Waals surface area contributed by atoms with E-state index in [-0.39, 0.29) is 5.41 Å². The van der Waals surface area contributed by atoms with Crippen molar-refractivity contribution in [1.29, 1.82) is 0 Å². The Bertz CT molecular complexity index is 1130. The minimum atomic E-state index is -0.0481. The van der Waals surface area contributed by atoms with E-state index < -0.39 is 0 Å². The number of tetrazole rings is 1. The normalized spacial score (nSPS) is 11.9. The molecule has 0 aliphatic rings. The number of unbranched alkanes of at least 4 members (excludes halogenated alkanes) is 1. The lowest BCUT2D eigenvalue weighted by atomic mass is 9.92. The minimum absolute atomic E-state index is 0.0481. The Morgan fingerprint density at radius 3 is 2.48 bits per heavy atom. The van der Waals surface area contributed by atoms with Crippen LogP contribution in [0.5, 0.6) is 0 Å². The molecule has 0 atom stereocenters. The molecule has 3 heterocycles. The van der Waals surface area contributed by atoms with E-state index in [4.69, 9.17) is 11.6 Å². The number of nitrogens with zero attached hydrogens (tertiary/aromatic N) is 7. The van der Waals surface area contributed by atoms with E-state index in [1.165, 1.54) is 5.69 Å². The number of aryl methyl sites for hydroxylation is 1. The molecule has 162 valence electrons. The quantitative estimate of drug-likeness (QED) is 0.455. The monoisotopic (exact) mass is 438 g/mol. The van der Waals surface area contributed by atoms with Gasteiger partial charge in [0.25, 0.3) is 0 Å². The molecule has 0 amide bonds. The molecule has 0 saturated heterocycles. The standard InChI is InChI=1S/C22H27ClN8/c1-5-6-7-19-24-21(23)30(27-19)14-15-8-10-16(11-9-15)31-17(20-25-28-29-26-20)12-13-18(31)22(2,3)4/h8-13H,5-7,14H2,1-4H3,(H,25,26,28,29). The van der Waals surface area contributed by atoms with E-state index in [0.29, 0.717) is 17.7 Å². The van der Waals surface area contributed by atoms with Crippen molar-refractivity contribution in [2.75, 3.05) is 0 Å². The maximum Gasteiger partial charge on any atom is 0.221 e. The molecule has 0 bridgehead atoms. The van der Waals surface area contributed by atoms with E-state index in [2.05, 4.69) is 93.3 Å². The van der Waals surface area contributed by atoms with Gasteiger partial charge in [0.2, 0.25) is 5.28 Å². The molecular formula is C22H27ClN8. The maximum atomic E-state index is 6.30. The topological polar surface area (TPSA) is 90.1 Å². The summed E-state index contributed by atoms with van der Waals surface area (Å²) < 4.78 is 3.95. The average molecular weight is 439 g/mol. The predicted octanol–water partition coefficient (Wildman–Crippen LogP) is 4.59. The van der Waals surface area contributed by atoms with Gasteiger partial charge in [-0.1, -0.05) is 46.2 Å².